The van der Waals surface area contributed by atoms with Gasteiger partial charge in [-0.25, -0.2) is 0 Å². The van der Waals surface area contributed by atoms with E-state index < -0.39 is 0 Å². The molecule has 0 aliphatic rings. The molecule has 0 amide bonds. The van der Waals surface area contributed by atoms with Gasteiger partial charge in [0.2, 0.25) is 0 Å². The van der Waals surface area contributed by atoms with Crippen LogP contribution in [0, 0.1) is 73.6 Å². The van der Waals surface area contributed by atoms with Crippen molar-refractivity contribution in [3.8, 4) is 68.3 Å². The first-order valence-electron chi connectivity index (χ1n) is 28.6. The number of nitrogens with zero attached hydrogens (tertiary/aromatic N) is 6. The summed E-state index contributed by atoms with van der Waals surface area (Å²) in [6.07, 6.45) is 4.47. The third-order valence-electron chi connectivity index (χ3n) is 11.9. The molecule has 18 heteroatoms. The van der Waals surface area contributed by atoms with Crippen molar-refractivity contribution >= 4 is 0 Å². The number of aryl methyl sites for hydroxylation is 8. The van der Waals surface area contributed by atoms with Crippen LogP contribution in [0.5, 0.6) is 34.5 Å². The molecular formula is C71H85Ir3N6O9-3. The van der Waals surface area contributed by atoms with E-state index in [1.54, 1.807) is 60.1 Å². The van der Waals surface area contributed by atoms with Crippen LogP contribution >= 0.6 is 0 Å². The first-order chi connectivity index (χ1) is 40.9. The van der Waals surface area contributed by atoms with Crippen LogP contribution < -0.4 is 14.2 Å². The number of aliphatic hydroxyl groups is 6. The van der Waals surface area contributed by atoms with Crippen LogP contribution in [-0.4, -0.2) is 97.2 Å². The molecule has 0 fully saturated rings. The molecule has 6 atom stereocenters. The van der Waals surface area contributed by atoms with Crippen molar-refractivity contribution in [3.05, 3.63) is 216 Å². The van der Waals surface area contributed by atoms with Crippen molar-refractivity contribution < 1.29 is 105 Å². The van der Waals surface area contributed by atoms with E-state index >= 15 is 0 Å². The van der Waals surface area contributed by atoms with Crippen molar-refractivity contribution in [2.24, 2.45) is 0 Å². The summed E-state index contributed by atoms with van der Waals surface area (Å²) in [4.78, 5) is 26.7. The van der Waals surface area contributed by atoms with E-state index in [0.717, 1.165) is 114 Å². The molecule has 3 aromatic heterocycles. The van der Waals surface area contributed by atoms with Gasteiger partial charge in [0.15, 0.2) is 0 Å². The Morgan fingerprint density at radius 1 is 0.382 bits per heavy atom. The maximum Gasteiger partial charge on any atom is 0.124 e. The molecule has 0 spiro atoms. The van der Waals surface area contributed by atoms with E-state index in [1.165, 1.54) is 0 Å². The van der Waals surface area contributed by atoms with E-state index in [-0.39, 0.29) is 96.9 Å². The first kappa shape index (κ1) is 80.7. The normalized spacial score (nSPS) is 12.1. The molecule has 0 aliphatic carbocycles. The van der Waals surface area contributed by atoms with Crippen molar-refractivity contribution in [2.45, 2.75) is 153 Å². The summed E-state index contributed by atoms with van der Waals surface area (Å²) < 4.78 is 17.8. The number of hydrogen-bond donors (Lipinski definition) is 6. The minimum atomic E-state index is -0.375. The molecule has 3 radical (unpaired) electrons. The predicted octanol–water partition coefficient (Wildman–Crippen LogP) is 14.1. The molecule has 9 rings (SSSR count). The van der Waals surface area contributed by atoms with Crippen LogP contribution in [0.4, 0.5) is 0 Å². The molecule has 0 bridgehead atoms. The second-order valence-corrected chi connectivity index (χ2v) is 21.1. The third kappa shape index (κ3) is 30.8. The zero-order valence-electron chi connectivity index (χ0n) is 53.1. The average Bonchev–Trinajstić information content (AvgIpc) is 2.35. The molecule has 0 saturated carbocycles. The maximum atomic E-state index is 8.56. The molecule has 0 saturated heterocycles. The SMILES string of the molecule is CC(O)CC(C)O.CC(O)CC(C)O.CC(O)CC(C)O.Cc1cnc(-c2[c-]cc(Oc3c(C)cccc3C)cc2)c(C)n1.Cc1cnc(-c2[c-]ccc(Oc3ccccc3)c2)c(C)n1.Cc1cnc(-c2[c-]cccc2Oc2ccccc2)c(C)n1.[Ir].[Ir].[Ir]. The molecule has 483 valence electrons. The number of aliphatic hydroxyl groups excluding tert-OH is 6. The van der Waals surface area contributed by atoms with Gasteiger partial charge in [0, 0.05) is 130 Å². The standard InChI is InChI=1S/C20H19N2O.2C18H15N2O.3C5H12O2.3Ir/c1-13-6-5-7-14(2)20(13)23-18-10-8-17(9-11-18)19-16(4)22-15(3)12-21-19;1-13-12-19-18(14(2)20-13)15-7-6-10-17(11-15)21-16-8-4-3-5-9-16;1-13-12-19-18(14(2)20-13)16-10-6-7-11-17(16)21-15-8-4-3-5-9-15;3*1-4(6)3-5(2)7;;;/h5-8,10-12H,1-4H3;3-6,8-12H,1-2H3;3-9,11-12H,1-2H3;3*4-7H,3H2,1-2H3;;;/q3*-1;;;;;;. The third-order valence-corrected chi connectivity index (χ3v) is 11.9. The predicted molar refractivity (Wildman–Crippen MR) is 340 cm³/mol. The second-order valence-electron chi connectivity index (χ2n) is 21.1. The summed E-state index contributed by atoms with van der Waals surface area (Å²) in [6, 6.07) is 52.2. The molecule has 0 aliphatic heterocycles. The van der Waals surface area contributed by atoms with Crippen molar-refractivity contribution in [1.82, 2.24) is 29.9 Å². The monoisotopic (exact) mass is 1740 g/mol. The maximum absolute atomic E-state index is 8.56. The topological polar surface area (TPSA) is 226 Å². The minimum Gasteiger partial charge on any atom is -0.502 e. The molecular weight excluding hydrogens is 1660 g/mol. The molecule has 15 nitrogen and oxygen atoms in total. The summed E-state index contributed by atoms with van der Waals surface area (Å²) in [7, 11) is 0. The van der Waals surface area contributed by atoms with Crippen LogP contribution in [0.25, 0.3) is 33.8 Å². The van der Waals surface area contributed by atoms with Gasteiger partial charge in [0.25, 0.3) is 0 Å². The van der Waals surface area contributed by atoms with Crippen LogP contribution in [0.15, 0.2) is 152 Å². The zero-order valence-corrected chi connectivity index (χ0v) is 60.3. The number of hydrogen-bond acceptors (Lipinski definition) is 15. The quantitative estimate of drug-likeness (QED) is 0.0525. The Hall–Kier alpha value is -6.33. The molecule has 9 aromatic rings. The molecule has 3 heterocycles. The molecule has 89 heavy (non-hydrogen) atoms. The Balaban J connectivity index is 0.000000567. The smallest absolute Gasteiger partial charge is 0.124 e. The fourth-order valence-corrected chi connectivity index (χ4v) is 8.33. The van der Waals surface area contributed by atoms with E-state index in [1.807, 2.05) is 189 Å². The van der Waals surface area contributed by atoms with Gasteiger partial charge in [-0.05, 0) is 152 Å². The Morgan fingerprint density at radius 2 is 0.809 bits per heavy atom. The summed E-state index contributed by atoms with van der Waals surface area (Å²) in [5, 5.41) is 51.4. The fraction of sp³-hybridized carbons (Fsp3) is 0.324. The number of para-hydroxylation sites is 3. The van der Waals surface area contributed by atoms with Crippen molar-refractivity contribution in [3.63, 3.8) is 0 Å². The van der Waals surface area contributed by atoms with Crippen molar-refractivity contribution in [1.29, 1.82) is 0 Å². The van der Waals surface area contributed by atoms with Gasteiger partial charge in [-0.3, -0.25) is 15.0 Å². The van der Waals surface area contributed by atoms with Gasteiger partial charge in [-0.2, -0.15) is 0 Å². The van der Waals surface area contributed by atoms with Gasteiger partial charge in [-0.15, -0.1) is 83.9 Å². The van der Waals surface area contributed by atoms with Gasteiger partial charge < -0.3 is 59.8 Å². The van der Waals surface area contributed by atoms with Crippen LogP contribution in [0.3, 0.4) is 0 Å². The minimum absolute atomic E-state index is 0. The Morgan fingerprint density at radius 3 is 1.21 bits per heavy atom. The summed E-state index contributed by atoms with van der Waals surface area (Å²) >= 11 is 0. The Kier molecular flexibility index (Phi) is 38.6. The van der Waals surface area contributed by atoms with Gasteiger partial charge in [0.1, 0.15) is 17.2 Å². The van der Waals surface area contributed by atoms with E-state index in [9.17, 15) is 0 Å². The number of benzene rings is 6. The summed E-state index contributed by atoms with van der Waals surface area (Å²) in [5.74, 6) is 4.75. The summed E-state index contributed by atoms with van der Waals surface area (Å²) in [6.45, 7) is 25.7. The number of aromatic nitrogens is 6. The second kappa shape index (κ2) is 42.6. The van der Waals surface area contributed by atoms with Gasteiger partial charge >= 0.3 is 0 Å². The number of rotatable bonds is 15. The van der Waals surface area contributed by atoms with Crippen LogP contribution in [0.1, 0.15) is 106 Å². The van der Waals surface area contributed by atoms with Crippen LogP contribution in [0.2, 0.25) is 0 Å². The largest absolute Gasteiger partial charge is 0.502 e. The van der Waals surface area contributed by atoms with Crippen LogP contribution in [-0.2, 0) is 60.3 Å². The summed E-state index contributed by atoms with van der Waals surface area (Å²) in [5.41, 5.74) is 12.8. The van der Waals surface area contributed by atoms with E-state index in [4.69, 9.17) is 44.8 Å². The first-order valence-corrected chi connectivity index (χ1v) is 28.6. The molecule has 6 unspecified atom stereocenters. The Labute approximate surface area is 567 Å². The van der Waals surface area contributed by atoms with E-state index in [2.05, 4.69) is 48.1 Å². The van der Waals surface area contributed by atoms with Crippen molar-refractivity contribution in [2.75, 3.05) is 0 Å². The average molecular weight is 1740 g/mol. The number of ether oxygens (including phenoxy) is 3. The van der Waals surface area contributed by atoms with Gasteiger partial charge in [-0.1, -0.05) is 60.2 Å². The molecule has 6 aromatic carbocycles. The fourth-order valence-electron chi connectivity index (χ4n) is 8.33. The van der Waals surface area contributed by atoms with E-state index in [0.29, 0.717) is 19.3 Å². The Bertz CT molecular complexity index is 3340. The molecule has 6 N–H and O–H groups in total. The zero-order chi connectivity index (χ0) is 63.3. The van der Waals surface area contributed by atoms with Gasteiger partial charge in [0.05, 0.1) is 53.7 Å².